The number of hydrogen-bond donors (Lipinski definition) is 1. The van der Waals surface area contributed by atoms with Crippen LogP contribution in [-0.2, 0) is 4.79 Å². The normalized spacial score (nSPS) is 13.9. The fourth-order valence-electron chi connectivity index (χ4n) is 1.71. The highest BCUT2D eigenvalue weighted by molar-refractivity contribution is 6.07. The molecule has 92 valence electrons. The minimum absolute atomic E-state index is 0.00652. The quantitative estimate of drug-likeness (QED) is 0.826. The number of carbonyl (C=O) groups excluding carboxylic acids is 1. The molecule has 0 aliphatic heterocycles. The molecule has 0 saturated carbocycles. The molecule has 18 heavy (non-hydrogen) atoms. The molecule has 0 spiro atoms. The van der Waals surface area contributed by atoms with E-state index in [9.17, 15) is 9.90 Å². The predicted octanol–water partition coefficient (Wildman–Crippen LogP) is 2.87. The predicted molar refractivity (Wildman–Crippen MR) is 70.5 cm³/mol. The molecule has 2 rings (SSSR count). The molecule has 3 heteroatoms. The molecule has 0 amide bonds. The molecular weight excluding hydrogens is 228 g/mol. The van der Waals surface area contributed by atoms with E-state index in [0.29, 0.717) is 12.2 Å². The van der Waals surface area contributed by atoms with E-state index in [4.69, 9.17) is 4.74 Å². The summed E-state index contributed by atoms with van der Waals surface area (Å²) in [5.41, 5.74) is 1.60. The summed E-state index contributed by atoms with van der Waals surface area (Å²) in [6.45, 7) is 0. The molecular formula is C15H14O3. The zero-order valence-corrected chi connectivity index (χ0v) is 10.1. The van der Waals surface area contributed by atoms with Gasteiger partial charge in [0.2, 0.25) is 0 Å². The molecule has 1 aliphatic rings. The van der Waals surface area contributed by atoms with Gasteiger partial charge in [-0.25, -0.2) is 0 Å². The van der Waals surface area contributed by atoms with Gasteiger partial charge in [-0.05, 0) is 30.2 Å². The number of methoxy groups -OCH3 is 1. The lowest BCUT2D eigenvalue weighted by atomic mass is 10.1. The monoisotopic (exact) mass is 242 g/mol. The number of rotatable bonds is 4. The van der Waals surface area contributed by atoms with E-state index < -0.39 is 0 Å². The minimum Gasteiger partial charge on any atom is -0.504 e. The van der Waals surface area contributed by atoms with Crippen molar-refractivity contribution in [3.05, 3.63) is 53.6 Å². The van der Waals surface area contributed by atoms with Gasteiger partial charge in [0.15, 0.2) is 17.3 Å². The SMILES string of the molecule is COc1cc(/C=C/C(=O)C2=CC=CC2)ccc1O. The van der Waals surface area contributed by atoms with Crippen LogP contribution in [0.15, 0.2) is 48.1 Å². The van der Waals surface area contributed by atoms with Crippen molar-refractivity contribution in [1.29, 1.82) is 0 Å². The third-order valence-corrected chi connectivity index (χ3v) is 2.72. The highest BCUT2D eigenvalue weighted by atomic mass is 16.5. The molecule has 0 bridgehead atoms. The smallest absolute Gasteiger partial charge is 0.182 e. The Morgan fingerprint density at radius 3 is 2.94 bits per heavy atom. The number of hydrogen-bond acceptors (Lipinski definition) is 3. The van der Waals surface area contributed by atoms with E-state index in [2.05, 4.69) is 0 Å². The van der Waals surface area contributed by atoms with Crippen LogP contribution in [0.1, 0.15) is 12.0 Å². The molecule has 1 aromatic rings. The van der Waals surface area contributed by atoms with E-state index in [1.807, 2.05) is 18.2 Å². The average molecular weight is 242 g/mol. The van der Waals surface area contributed by atoms with Crippen molar-refractivity contribution in [2.75, 3.05) is 7.11 Å². The Bertz CT molecular complexity index is 551. The van der Waals surface area contributed by atoms with Crippen LogP contribution in [0.3, 0.4) is 0 Å². The Hall–Kier alpha value is -2.29. The number of ether oxygens (including phenoxy) is 1. The summed E-state index contributed by atoms with van der Waals surface area (Å²) < 4.78 is 5.00. The lowest BCUT2D eigenvalue weighted by Crippen LogP contribution is -1.95. The van der Waals surface area contributed by atoms with Gasteiger partial charge in [0.1, 0.15) is 0 Å². The van der Waals surface area contributed by atoms with Gasteiger partial charge < -0.3 is 9.84 Å². The Morgan fingerprint density at radius 1 is 1.44 bits per heavy atom. The lowest BCUT2D eigenvalue weighted by Gasteiger charge is -2.03. The standard InChI is InChI=1S/C15H14O3/c1-18-15-10-11(7-9-14(15)17)6-8-13(16)12-4-2-3-5-12/h2-4,6-10,17H,5H2,1H3/b8-6+. The van der Waals surface area contributed by atoms with Crippen molar-refractivity contribution in [2.45, 2.75) is 6.42 Å². The first-order valence-electron chi connectivity index (χ1n) is 5.66. The first-order valence-corrected chi connectivity index (χ1v) is 5.66. The van der Waals surface area contributed by atoms with Gasteiger partial charge in [0, 0.05) is 5.57 Å². The lowest BCUT2D eigenvalue weighted by molar-refractivity contribution is -0.111. The van der Waals surface area contributed by atoms with Gasteiger partial charge in [-0.15, -0.1) is 0 Å². The largest absolute Gasteiger partial charge is 0.504 e. The summed E-state index contributed by atoms with van der Waals surface area (Å²) in [5, 5.41) is 9.45. The van der Waals surface area contributed by atoms with Crippen LogP contribution in [-0.4, -0.2) is 18.0 Å². The number of carbonyl (C=O) groups is 1. The van der Waals surface area contributed by atoms with E-state index in [-0.39, 0.29) is 11.5 Å². The molecule has 1 aromatic carbocycles. The molecule has 0 atom stereocenters. The second-order valence-corrected chi connectivity index (χ2v) is 3.95. The second kappa shape index (κ2) is 5.36. The fraction of sp³-hybridized carbons (Fsp3) is 0.133. The Morgan fingerprint density at radius 2 is 2.28 bits per heavy atom. The fourth-order valence-corrected chi connectivity index (χ4v) is 1.71. The molecule has 0 radical (unpaired) electrons. The molecule has 0 aromatic heterocycles. The van der Waals surface area contributed by atoms with Crippen molar-refractivity contribution in [1.82, 2.24) is 0 Å². The van der Waals surface area contributed by atoms with Gasteiger partial charge in [-0.3, -0.25) is 4.79 Å². The number of benzene rings is 1. The van der Waals surface area contributed by atoms with Crippen molar-refractivity contribution < 1.29 is 14.6 Å². The van der Waals surface area contributed by atoms with Crippen LogP contribution in [0.25, 0.3) is 6.08 Å². The van der Waals surface area contributed by atoms with Crippen LogP contribution < -0.4 is 4.74 Å². The maximum Gasteiger partial charge on any atom is 0.182 e. The van der Waals surface area contributed by atoms with Gasteiger partial charge in [-0.2, -0.15) is 0 Å². The van der Waals surface area contributed by atoms with Gasteiger partial charge in [-0.1, -0.05) is 30.4 Å². The van der Waals surface area contributed by atoms with E-state index in [1.165, 1.54) is 13.2 Å². The second-order valence-electron chi connectivity index (χ2n) is 3.95. The van der Waals surface area contributed by atoms with E-state index >= 15 is 0 Å². The molecule has 1 aliphatic carbocycles. The Kier molecular flexibility index (Phi) is 3.63. The van der Waals surface area contributed by atoms with E-state index in [0.717, 1.165) is 11.1 Å². The maximum absolute atomic E-state index is 11.8. The highest BCUT2D eigenvalue weighted by Gasteiger charge is 2.06. The number of phenolic OH excluding ortho intramolecular Hbond substituents is 1. The summed E-state index contributed by atoms with van der Waals surface area (Å²) in [5.74, 6) is 0.488. The molecule has 0 fully saturated rings. The third kappa shape index (κ3) is 2.69. The molecule has 1 N–H and O–H groups in total. The van der Waals surface area contributed by atoms with Crippen molar-refractivity contribution in [2.24, 2.45) is 0 Å². The number of phenols is 1. The Labute approximate surface area is 106 Å². The zero-order valence-electron chi connectivity index (χ0n) is 10.1. The summed E-state index contributed by atoms with van der Waals surface area (Å²) in [7, 11) is 1.49. The van der Waals surface area contributed by atoms with Crippen molar-refractivity contribution in [3.8, 4) is 11.5 Å². The maximum atomic E-state index is 11.8. The van der Waals surface area contributed by atoms with Crippen LogP contribution in [0.5, 0.6) is 11.5 Å². The highest BCUT2D eigenvalue weighted by Crippen LogP contribution is 2.26. The summed E-state index contributed by atoms with van der Waals surface area (Å²) in [6.07, 6.45) is 9.59. The summed E-state index contributed by atoms with van der Waals surface area (Å²) in [6, 6.07) is 4.95. The van der Waals surface area contributed by atoms with Crippen LogP contribution >= 0.6 is 0 Å². The topological polar surface area (TPSA) is 46.5 Å². The number of aromatic hydroxyl groups is 1. The first kappa shape index (κ1) is 12.2. The van der Waals surface area contributed by atoms with Gasteiger partial charge in [0.25, 0.3) is 0 Å². The summed E-state index contributed by atoms with van der Waals surface area (Å²) >= 11 is 0. The van der Waals surface area contributed by atoms with Crippen LogP contribution in [0.4, 0.5) is 0 Å². The summed E-state index contributed by atoms with van der Waals surface area (Å²) in [4.78, 5) is 11.8. The van der Waals surface area contributed by atoms with Crippen LogP contribution in [0, 0.1) is 0 Å². The number of allylic oxidation sites excluding steroid dienone is 5. The average Bonchev–Trinajstić information content (AvgIpc) is 2.91. The Balaban J connectivity index is 2.11. The van der Waals surface area contributed by atoms with Crippen molar-refractivity contribution >= 4 is 11.9 Å². The van der Waals surface area contributed by atoms with E-state index in [1.54, 1.807) is 24.3 Å². The van der Waals surface area contributed by atoms with Crippen molar-refractivity contribution in [3.63, 3.8) is 0 Å². The molecule has 0 saturated heterocycles. The van der Waals surface area contributed by atoms with Gasteiger partial charge >= 0.3 is 0 Å². The molecule has 3 nitrogen and oxygen atoms in total. The third-order valence-electron chi connectivity index (χ3n) is 2.72. The molecule has 0 heterocycles. The van der Waals surface area contributed by atoms with Crippen LogP contribution in [0.2, 0.25) is 0 Å². The number of ketones is 1. The minimum atomic E-state index is 0.00652. The zero-order chi connectivity index (χ0) is 13.0. The van der Waals surface area contributed by atoms with Gasteiger partial charge in [0.05, 0.1) is 7.11 Å². The first-order chi connectivity index (χ1) is 8.70. The molecule has 0 unspecified atom stereocenters.